The van der Waals surface area contributed by atoms with Crippen LogP contribution in [0.1, 0.15) is 49.8 Å². The van der Waals surface area contributed by atoms with Gasteiger partial charge < -0.3 is 0 Å². The van der Waals surface area contributed by atoms with Crippen LogP contribution in [0.25, 0.3) is 0 Å². The van der Waals surface area contributed by atoms with Crippen LogP contribution in [0.4, 0.5) is 0 Å². The number of hydrogen-bond donors (Lipinski definition) is 2. The van der Waals surface area contributed by atoms with Gasteiger partial charge in [0.25, 0.3) is 0 Å². The maximum atomic E-state index is 5.81. The predicted octanol–water partition coefficient (Wildman–Crippen LogP) is 4.09. The molecule has 1 saturated carbocycles. The van der Waals surface area contributed by atoms with Crippen LogP contribution >= 0.6 is 15.9 Å². The first-order chi connectivity index (χ1) is 8.60. The van der Waals surface area contributed by atoms with Gasteiger partial charge in [-0.15, -0.1) is 0 Å². The zero-order valence-electron chi connectivity index (χ0n) is 11.2. The fraction of sp³-hybridized carbons (Fsp3) is 0.600. The third kappa shape index (κ3) is 3.34. The SMILES string of the molecule is Cc1cc(Br)cc(C(NN)C2CCC(C)CC2)c1. The Bertz CT molecular complexity index is 377. The molecule has 0 heterocycles. The van der Waals surface area contributed by atoms with Crippen LogP contribution in [0.5, 0.6) is 0 Å². The average molecular weight is 311 g/mol. The quantitative estimate of drug-likeness (QED) is 0.652. The van der Waals surface area contributed by atoms with Crippen molar-refractivity contribution in [2.45, 2.75) is 45.6 Å². The first-order valence-electron chi connectivity index (χ1n) is 6.83. The van der Waals surface area contributed by atoms with Crippen LogP contribution in [0.3, 0.4) is 0 Å². The van der Waals surface area contributed by atoms with E-state index >= 15 is 0 Å². The van der Waals surface area contributed by atoms with Gasteiger partial charge in [0, 0.05) is 10.5 Å². The van der Waals surface area contributed by atoms with E-state index in [-0.39, 0.29) is 6.04 Å². The summed E-state index contributed by atoms with van der Waals surface area (Å²) in [5.41, 5.74) is 5.63. The molecule has 0 aromatic heterocycles. The van der Waals surface area contributed by atoms with Crippen molar-refractivity contribution in [1.82, 2.24) is 5.43 Å². The Morgan fingerprint density at radius 3 is 2.44 bits per heavy atom. The molecule has 0 spiro atoms. The lowest BCUT2D eigenvalue weighted by molar-refractivity contribution is 0.232. The molecule has 1 unspecified atom stereocenters. The van der Waals surface area contributed by atoms with Crippen molar-refractivity contribution in [2.24, 2.45) is 17.7 Å². The highest BCUT2D eigenvalue weighted by Gasteiger charge is 2.26. The molecule has 18 heavy (non-hydrogen) atoms. The molecule has 2 nitrogen and oxygen atoms in total. The van der Waals surface area contributed by atoms with Gasteiger partial charge in [0.05, 0.1) is 0 Å². The maximum Gasteiger partial charge on any atom is 0.0488 e. The van der Waals surface area contributed by atoms with Crippen LogP contribution in [-0.4, -0.2) is 0 Å². The third-order valence-electron chi connectivity index (χ3n) is 4.14. The van der Waals surface area contributed by atoms with Crippen molar-refractivity contribution in [3.05, 3.63) is 33.8 Å². The summed E-state index contributed by atoms with van der Waals surface area (Å²) in [5.74, 6) is 7.35. The van der Waals surface area contributed by atoms with Crippen molar-refractivity contribution >= 4 is 15.9 Å². The Morgan fingerprint density at radius 2 is 1.89 bits per heavy atom. The van der Waals surface area contributed by atoms with E-state index in [4.69, 9.17) is 5.84 Å². The van der Waals surface area contributed by atoms with Gasteiger partial charge in [0.2, 0.25) is 0 Å². The van der Waals surface area contributed by atoms with E-state index in [1.165, 1.54) is 36.8 Å². The lowest BCUT2D eigenvalue weighted by Gasteiger charge is -2.32. The zero-order valence-corrected chi connectivity index (χ0v) is 12.8. The van der Waals surface area contributed by atoms with Crippen molar-refractivity contribution in [3.8, 4) is 0 Å². The molecule has 0 radical (unpaired) electrons. The lowest BCUT2D eigenvalue weighted by Crippen LogP contribution is -2.35. The van der Waals surface area contributed by atoms with Crippen molar-refractivity contribution < 1.29 is 0 Å². The summed E-state index contributed by atoms with van der Waals surface area (Å²) in [6, 6.07) is 6.86. The number of halogens is 1. The average Bonchev–Trinajstić information content (AvgIpc) is 2.31. The van der Waals surface area contributed by atoms with Gasteiger partial charge in [0.1, 0.15) is 0 Å². The molecule has 100 valence electrons. The molecular formula is C15H23BrN2. The molecule has 0 amide bonds. The summed E-state index contributed by atoms with van der Waals surface area (Å²) >= 11 is 3.58. The predicted molar refractivity (Wildman–Crippen MR) is 80.1 cm³/mol. The normalized spacial score (nSPS) is 26.0. The summed E-state index contributed by atoms with van der Waals surface area (Å²) in [6.07, 6.45) is 5.22. The number of rotatable bonds is 3. The fourth-order valence-electron chi connectivity index (χ4n) is 3.07. The Labute approximate surface area is 118 Å². The Morgan fingerprint density at radius 1 is 1.22 bits per heavy atom. The van der Waals surface area contributed by atoms with E-state index in [1.54, 1.807) is 0 Å². The monoisotopic (exact) mass is 310 g/mol. The molecule has 1 aromatic carbocycles. The lowest BCUT2D eigenvalue weighted by atomic mass is 9.77. The highest BCUT2D eigenvalue weighted by Crippen LogP contribution is 2.37. The summed E-state index contributed by atoms with van der Waals surface area (Å²) in [6.45, 7) is 4.48. The standard InChI is InChI=1S/C15H23BrN2/c1-10-3-5-12(6-4-10)15(18-17)13-7-11(2)8-14(16)9-13/h7-10,12,15,18H,3-6,17H2,1-2H3. The molecule has 1 aliphatic rings. The van der Waals surface area contributed by atoms with Crippen LogP contribution in [0, 0.1) is 18.8 Å². The highest BCUT2D eigenvalue weighted by atomic mass is 79.9. The molecule has 0 saturated heterocycles. The molecule has 0 aliphatic heterocycles. The number of nitrogens with two attached hydrogens (primary N) is 1. The van der Waals surface area contributed by atoms with E-state index < -0.39 is 0 Å². The number of aryl methyl sites for hydroxylation is 1. The van der Waals surface area contributed by atoms with Gasteiger partial charge in [-0.3, -0.25) is 11.3 Å². The Hall–Kier alpha value is -0.380. The minimum atomic E-state index is 0.286. The molecular weight excluding hydrogens is 288 g/mol. The zero-order chi connectivity index (χ0) is 13.1. The van der Waals surface area contributed by atoms with Gasteiger partial charge in [-0.05, 0) is 54.9 Å². The smallest absolute Gasteiger partial charge is 0.0488 e. The highest BCUT2D eigenvalue weighted by molar-refractivity contribution is 9.10. The number of nitrogens with one attached hydrogen (secondary N) is 1. The van der Waals surface area contributed by atoms with Crippen LogP contribution in [0.15, 0.2) is 22.7 Å². The molecule has 1 aromatic rings. The third-order valence-corrected chi connectivity index (χ3v) is 4.59. The fourth-order valence-corrected chi connectivity index (χ4v) is 3.69. The molecule has 1 aliphatic carbocycles. The van der Waals surface area contributed by atoms with Crippen LogP contribution < -0.4 is 11.3 Å². The van der Waals surface area contributed by atoms with Gasteiger partial charge in [-0.1, -0.05) is 41.8 Å². The van der Waals surface area contributed by atoms with Crippen molar-refractivity contribution in [2.75, 3.05) is 0 Å². The van der Waals surface area contributed by atoms with Gasteiger partial charge in [-0.2, -0.15) is 0 Å². The summed E-state index contributed by atoms with van der Waals surface area (Å²) in [5, 5.41) is 0. The van der Waals surface area contributed by atoms with E-state index in [0.29, 0.717) is 5.92 Å². The largest absolute Gasteiger partial charge is 0.271 e. The summed E-state index contributed by atoms with van der Waals surface area (Å²) in [4.78, 5) is 0. The van der Waals surface area contributed by atoms with Crippen LogP contribution in [-0.2, 0) is 0 Å². The van der Waals surface area contributed by atoms with E-state index in [9.17, 15) is 0 Å². The second kappa shape index (κ2) is 6.18. The molecule has 1 atom stereocenters. The maximum absolute atomic E-state index is 5.81. The minimum Gasteiger partial charge on any atom is -0.271 e. The van der Waals surface area contributed by atoms with Gasteiger partial charge in [-0.25, -0.2) is 0 Å². The number of hydrogen-bond acceptors (Lipinski definition) is 2. The van der Waals surface area contributed by atoms with E-state index in [1.807, 2.05) is 0 Å². The van der Waals surface area contributed by atoms with Crippen molar-refractivity contribution in [1.29, 1.82) is 0 Å². The molecule has 3 heteroatoms. The number of benzene rings is 1. The first kappa shape index (κ1) is 14.0. The Kier molecular flexibility index (Phi) is 4.82. The molecule has 1 fully saturated rings. The molecule has 3 N–H and O–H groups in total. The second-order valence-electron chi connectivity index (χ2n) is 5.73. The first-order valence-corrected chi connectivity index (χ1v) is 7.62. The van der Waals surface area contributed by atoms with E-state index in [2.05, 4.69) is 53.4 Å². The Balaban J connectivity index is 2.17. The topological polar surface area (TPSA) is 38.0 Å². The van der Waals surface area contributed by atoms with Gasteiger partial charge in [0.15, 0.2) is 0 Å². The molecule has 0 bridgehead atoms. The number of hydrazine groups is 1. The van der Waals surface area contributed by atoms with Gasteiger partial charge >= 0.3 is 0 Å². The van der Waals surface area contributed by atoms with E-state index in [0.717, 1.165) is 10.4 Å². The second-order valence-corrected chi connectivity index (χ2v) is 6.64. The summed E-state index contributed by atoms with van der Waals surface area (Å²) in [7, 11) is 0. The minimum absolute atomic E-state index is 0.286. The summed E-state index contributed by atoms with van der Waals surface area (Å²) < 4.78 is 1.14. The molecule has 2 rings (SSSR count). The van der Waals surface area contributed by atoms with Crippen molar-refractivity contribution in [3.63, 3.8) is 0 Å². The van der Waals surface area contributed by atoms with Crippen LogP contribution in [0.2, 0.25) is 0 Å².